The third kappa shape index (κ3) is 1.95. The third-order valence-electron chi connectivity index (χ3n) is 5.83. The molecule has 0 bridgehead atoms. The first-order chi connectivity index (χ1) is 11.1. The van der Waals surface area contributed by atoms with Crippen LogP contribution in [0.2, 0.25) is 0 Å². The summed E-state index contributed by atoms with van der Waals surface area (Å²) in [4.78, 5) is 19.0. The van der Waals surface area contributed by atoms with E-state index in [1.165, 1.54) is 16.9 Å². The second-order valence-corrected chi connectivity index (χ2v) is 7.13. The monoisotopic (exact) mass is 315 g/mol. The van der Waals surface area contributed by atoms with E-state index in [1.807, 2.05) is 11.8 Å². The van der Waals surface area contributed by atoms with Gasteiger partial charge < -0.3 is 19.4 Å². The maximum absolute atomic E-state index is 12.2. The first kappa shape index (κ1) is 14.7. The molecule has 5 heteroatoms. The number of likely N-dealkylation sites (tertiary alicyclic amines) is 1. The van der Waals surface area contributed by atoms with Gasteiger partial charge in [0.15, 0.2) is 0 Å². The largest absolute Gasteiger partial charge is 0.450 e. The number of fused-ring (bicyclic) bond motifs is 3. The lowest BCUT2D eigenvalue weighted by molar-refractivity contribution is 0.0794. The number of anilines is 2. The quantitative estimate of drug-likeness (QED) is 0.797. The van der Waals surface area contributed by atoms with Crippen LogP contribution in [0.4, 0.5) is 16.2 Å². The van der Waals surface area contributed by atoms with Gasteiger partial charge in [-0.2, -0.15) is 0 Å². The zero-order valence-electron chi connectivity index (χ0n) is 14.2. The van der Waals surface area contributed by atoms with Gasteiger partial charge in [0, 0.05) is 44.7 Å². The van der Waals surface area contributed by atoms with Crippen molar-refractivity contribution in [2.75, 3.05) is 49.6 Å². The minimum absolute atomic E-state index is 0.0124. The molecule has 3 heterocycles. The number of hydrogen-bond acceptors (Lipinski definition) is 4. The Bertz CT molecular complexity index is 647. The fourth-order valence-corrected chi connectivity index (χ4v) is 4.72. The number of carbonyl (C=O) groups excluding carboxylic acids is 1. The van der Waals surface area contributed by atoms with Crippen molar-refractivity contribution in [2.45, 2.75) is 31.7 Å². The van der Waals surface area contributed by atoms with Gasteiger partial charge in [0.2, 0.25) is 0 Å². The molecule has 1 aromatic carbocycles. The van der Waals surface area contributed by atoms with Crippen LogP contribution in [0.1, 0.15) is 25.8 Å². The summed E-state index contributed by atoms with van der Waals surface area (Å²) in [5.41, 5.74) is 4.09. The highest BCUT2D eigenvalue weighted by molar-refractivity contribution is 5.82. The molecule has 2 atom stereocenters. The molecule has 23 heavy (non-hydrogen) atoms. The van der Waals surface area contributed by atoms with Crippen LogP contribution in [-0.4, -0.2) is 56.9 Å². The van der Waals surface area contributed by atoms with E-state index in [0.29, 0.717) is 12.6 Å². The molecule has 1 unspecified atom stereocenters. The van der Waals surface area contributed by atoms with Crippen molar-refractivity contribution in [1.29, 1.82) is 0 Å². The van der Waals surface area contributed by atoms with Gasteiger partial charge in [0.05, 0.1) is 18.0 Å². The fraction of sp³-hybridized carbons (Fsp3) is 0.611. The Balaban J connectivity index is 1.74. The van der Waals surface area contributed by atoms with Gasteiger partial charge in [-0.05, 0) is 25.0 Å². The van der Waals surface area contributed by atoms with Crippen molar-refractivity contribution < 1.29 is 9.53 Å². The number of ether oxygens (including phenoxy) is 1. The summed E-state index contributed by atoms with van der Waals surface area (Å²) >= 11 is 0. The lowest BCUT2D eigenvalue weighted by Crippen LogP contribution is -2.57. The second kappa shape index (κ2) is 5.05. The summed E-state index contributed by atoms with van der Waals surface area (Å²) in [5, 5.41) is 0. The molecule has 4 rings (SSSR count). The fourth-order valence-electron chi connectivity index (χ4n) is 4.72. The number of rotatable bonds is 1. The number of nitrogens with zero attached hydrogens (tertiary/aromatic N) is 3. The molecule has 1 fully saturated rings. The molecule has 1 aromatic rings. The zero-order chi connectivity index (χ0) is 16.2. The Labute approximate surface area is 137 Å². The Hall–Kier alpha value is -1.91. The number of likely N-dealkylation sites (N-methyl/N-ethyl adjacent to an activating group) is 1. The van der Waals surface area contributed by atoms with E-state index in [2.05, 4.69) is 42.0 Å². The van der Waals surface area contributed by atoms with Gasteiger partial charge in [0.25, 0.3) is 0 Å². The summed E-state index contributed by atoms with van der Waals surface area (Å²) < 4.78 is 5.23. The zero-order valence-corrected chi connectivity index (χ0v) is 14.2. The molecular formula is C18H25N3O2. The Morgan fingerprint density at radius 3 is 2.96 bits per heavy atom. The summed E-state index contributed by atoms with van der Waals surface area (Å²) in [7, 11) is 2.17. The van der Waals surface area contributed by atoms with E-state index >= 15 is 0 Å². The summed E-state index contributed by atoms with van der Waals surface area (Å²) in [5.74, 6) is 0. The first-order valence-corrected chi connectivity index (χ1v) is 8.59. The Kier molecular flexibility index (Phi) is 3.22. The molecule has 0 radical (unpaired) electrons. The molecule has 124 valence electrons. The average Bonchev–Trinajstić information content (AvgIpc) is 2.80. The van der Waals surface area contributed by atoms with Crippen molar-refractivity contribution in [3.63, 3.8) is 0 Å². The summed E-state index contributed by atoms with van der Waals surface area (Å²) in [6.07, 6.45) is 0.836. The smallest absolute Gasteiger partial charge is 0.409 e. The van der Waals surface area contributed by atoms with E-state index in [1.54, 1.807) is 0 Å². The maximum atomic E-state index is 12.2. The molecule has 3 aliphatic heterocycles. The number of para-hydroxylation sites is 1. The molecule has 5 nitrogen and oxygen atoms in total. The highest BCUT2D eigenvalue weighted by Gasteiger charge is 2.53. The van der Waals surface area contributed by atoms with E-state index in [9.17, 15) is 4.79 Å². The maximum Gasteiger partial charge on any atom is 0.409 e. The van der Waals surface area contributed by atoms with Crippen LogP contribution >= 0.6 is 0 Å². The predicted octanol–water partition coefficient (Wildman–Crippen LogP) is 2.44. The first-order valence-electron chi connectivity index (χ1n) is 8.59. The minimum Gasteiger partial charge on any atom is -0.450 e. The second-order valence-electron chi connectivity index (χ2n) is 7.13. The van der Waals surface area contributed by atoms with Crippen LogP contribution in [0, 0.1) is 0 Å². The van der Waals surface area contributed by atoms with Gasteiger partial charge in [-0.15, -0.1) is 0 Å². The van der Waals surface area contributed by atoms with E-state index in [-0.39, 0.29) is 11.5 Å². The van der Waals surface area contributed by atoms with Crippen molar-refractivity contribution in [2.24, 2.45) is 0 Å². The molecule has 0 aliphatic carbocycles. The summed E-state index contributed by atoms with van der Waals surface area (Å²) in [6, 6.07) is 7.11. The van der Waals surface area contributed by atoms with Gasteiger partial charge in [-0.3, -0.25) is 0 Å². The predicted molar refractivity (Wildman–Crippen MR) is 91.4 cm³/mol. The van der Waals surface area contributed by atoms with Crippen LogP contribution in [-0.2, 0) is 10.2 Å². The van der Waals surface area contributed by atoms with Crippen molar-refractivity contribution in [1.82, 2.24) is 4.90 Å². The van der Waals surface area contributed by atoms with E-state index in [4.69, 9.17) is 4.74 Å². The van der Waals surface area contributed by atoms with Gasteiger partial charge in [-0.25, -0.2) is 4.79 Å². The van der Waals surface area contributed by atoms with Crippen LogP contribution in [0.5, 0.6) is 0 Å². The lowest BCUT2D eigenvalue weighted by atomic mass is 9.74. The molecule has 0 N–H and O–H groups in total. The summed E-state index contributed by atoms with van der Waals surface area (Å²) in [6.45, 7) is 8.28. The molecule has 0 aromatic heterocycles. The standard InChI is InChI=1S/C18H25N3O2/c1-4-23-17(22)20-9-8-15-18(2,12-20)13-6-5-7-14-16(13)21(15)11-10-19(14)3/h5-7,15H,4,8-12H2,1-3H3/t15?,18-/m0/s1. The van der Waals surface area contributed by atoms with Gasteiger partial charge in [0.1, 0.15) is 0 Å². The van der Waals surface area contributed by atoms with Crippen LogP contribution in [0.15, 0.2) is 18.2 Å². The normalized spacial score (nSPS) is 28.5. The van der Waals surface area contributed by atoms with Crippen LogP contribution in [0.25, 0.3) is 0 Å². The number of hydrogen-bond donors (Lipinski definition) is 0. The Morgan fingerprint density at radius 1 is 1.35 bits per heavy atom. The van der Waals surface area contributed by atoms with Crippen LogP contribution < -0.4 is 9.80 Å². The Morgan fingerprint density at radius 2 is 2.17 bits per heavy atom. The number of benzene rings is 1. The van der Waals surface area contributed by atoms with E-state index in [0.717, 1.165) is 32.6 Å². The number of carbonyl (C=O) groups is 1. The molecule has 0 saturated carbocycles. The number of amides is 1. The van der Waals surface area contributed by atoms with E-state index < -0.39 is 0 Å². The highest BCUT2D eigenvalue weighted by atomic mass is 16.6. The molecule has 0 spiro atoms. The molecule has 3 aliphatic rings. The number of piperidine rings is 1. The van der Waals surface area contributed by atoms with Gasteiger partial charge in [-0.1, -0.05) is 19.1 Å². The minimum atomic E-state index is -0.171. The third-order valence-corrected chi connectivity index (χ3v) is 5.83. The highest BCUT2D eigenvalue weighted by Crippen LogP contribution is 2.53. The average molecular weight is 315 g/mol. The van der Waals surface area contributed by atoms with Crippen molar-refractivity contribution >= 4 is 17.5 Å². The van der Waals surface area contributed by atoms with Crippen molar-refractivity contribution in [3.8, 4) is 0 Å². The topological polar surface area (TPSA) is 36.0 Å². The van der Waals surface area contributed by atoms with Crippen molar-refractivity contribution in [3.05, 3.63) is 23.8 Å². The lowest BCUT2D eigenvalue weighted by Gasteiger charge is -2.45. The van der Waals surface area contributed by atoms with Gasteiger partial charge >= 0.3 is 6.09 Å². The molecule has 1 saturated heterocycles. The molecule has 1 amide bonds. The van der Waals surface area contributed by atoms with Crippen LogP contribution in [0.3, 0.4) is 0 Å². The SMILES string of the molecule is CCOC(=O)N1CCC2N3CCN(C)c4cccc(c43)[C@]2(C)C1. The molecular weight excluding hydrogens is 290 g/mol.